The van der Waals surface area contributed by atoms with Crippen LogP contribution in [-0.2, 0) is 0 Å². The Morgan fingerprint density at radius 1 is 1.33 bits per heavy atom. The van der Waals surface area contributed by atoms with Gasteiger partial charge in [0.05, 0.1) is 18.2 Å². The highest BCUT2D eigenvalue weighted by atomic mass is 32.1. The maximum atomic E-state index is 8.90. The molecule has 0 saturated carbocycles. The molecule has 0 fully saturated rings. The lowest BCUT2D eigenvalue weighted by Gasteiger charge is -2.29. The number of ether oxygens (including phenoxy) is 1. The van der Waals surface area contributed by atoms with Crippen molar-refractivity contribution in [1.29, 1.82) is 5.26 Å². The molecule has 0 N–H and O–H groups in total. The van der Waals surface area contributed by atoms with Crippen LogP contribution in [0.25, 0.3) is 0 Å². The van der Waals surface area contributed by atoms with E-state index >= 15 is 0 Å². The Bertz CT molecular complexity index is 424. The van der Waals surface area contributed by atoms with E-state index in [-0.39, 0.29) is 5.41 Å². The second-order valence-corrected chi connectivity index (χ2v) is 5.06. The summed E-state index contributed by atoms with van der Waals surface area (Å²) in [5.41, 5.74) is 1.83. The minimum Gasteiger partial charge on any atom is -0.493 e. The second kappa shape index (κ2) is 6.70. The minimum atomic E-state index is 0.123. The normalized spacial score (nSPS) is 11.1. The third kappa shape index (κ3) is 3.43. The van der Waals surface area contributed by atoms with Gasteiger partial charge in [-0.2, -0.15) is 17.9 Å². The first-order valence-electron chi connectivity index (χ1n) is 6.35. The molecule has 0 amide bonds. The Balaban J connectivity index is 2.82. The van der Waals surface area contributed by atoms with E-state index in [0.717, 1.165) is 29.9 Å². The zero-order chi connectivity index (χ0) is 13.6. The molecule has 0 unspecified atom stereocenters. The van der Waals surface area contributed by atoms with Gasteiger partial charge < -0.3 is 4.74 Å². The predicted octanol–water partition coefficient (Wildman–Crippen LogP) is 3.98. The summed E-state index contributed by atoms with van der Waals surface area (Å²) in [6, 6.07) is 7.69. The highest BCUT2D eigenvalue weighted by Crippen LogP contribution is 2.30. The summed E-state index contributed by atoms with van der Waals surface area (Å²) in [4.78, 5) is 0. The second-order valence-electron chi connectivity index (χ2n) is 4.75. The van der Waals surface area contributed by atoms with Crippen molar-refractivity contribution in [2.45, 2.75) is 33.6 Å². The number of hydrogen-bond donors (Lipinski definition) is 1. The average Bonchev–Trinajstić information content (AvgIpc) is 2.42. The van der Waals surface area contributed by atoms with Gasteiger partial charge in [-0.3, -0.25) is 0 Å². The van der Waals surface area contributed by atoms with Crippen LogP contribution in [0.2, 0.25) is 0 Å². The molecule has 1 rings (SSSR count). The molecule has 0 saturated heterocycles. The van der Waals surface area contributed by atoms with Crippen LogP contribution in [0.15, 0.2) is 18.2 Å². The molecule has 0 radical (unpaired) electrons. The summed E-state index contributed by atoms with van der Waals surface area (Å²) in [6.45, 7) is 6.99. The fraction of sp³-hybridized carbons (Fsp3) is 0.533. The summed E-state index contributed by atoms with van der Waals surface area (Å²) < 4.78 is 5.92. The highest BCUT2D eigenvalue weighted by Gasteiger charge is 2.25. The van der Waals surface area contributed by atoms with Crippen LogP contribution in [0.5, 0.6) is 5.75 Å². The summed E-state index contributed by atoms with van der Waals surface area (Å²) in [5.74, 6) is 1.62. The molecule has 1 aromatic rings. The molecule has 0 bridgehead atoms. The Hall–Kier alpha value is -1.14. The van der Waals surface area contributed by atoms with E-state index in [1.807, 2.05) is 25.1 Å². The predicted molar refractivity (Wildman–Crippen MR) is 78.3 cm³/mol. The monoisotopic (exact) mass is 263 g/mol. The molecule has 18 heavy (non-hydrogen) atoms. The SMILES string of the molecule is CCC(CC)(CS)COc1cc(C#N)ccc1C. The molecule has 0 atom stereocenters. The number of hydrogen-bond acceptors (Lipinski definition) is 3. The van der Waals surface area contributed by atoms with Gasteiger partial charge in [0.1, 0.15) is 5.75 Å². The fourth-order valence-electron chi connectivity index (χ4n) is 1.78. The molecule has 2 nitrogen and oxygen atoms in total. The Morgan fingerprint density at radius 2 is 2.00 bits per heavy atom. The van der Waals surface area contributed by atoms with Gasteiger partial charge in [-0.1, -0.05) is 19.9 Å². The van der Waals surface area contributed by atoms with E-state index in [4.69, 9.17) is 10.00 Å². The zero-order valence-electron chi connectivity index (χ0n) is 11.4. The quantitative estimate of drug-likeness (QED) is 0.787. The average molecular weight is 263 g/mol. The van der Waals surface area contributed by atoms with Crippen molar-refractivity contribution < 1.29 is 4.74 Å². The fourth-order valence-corrected chi connectivity index (χ4v) is 2.32. The van der Waals surface area contributed by atoms with Crippen LogP contribution in [0.3, 0.4) is 0 Å². The maximum Gasteiger partial charge on any atom is 0.123 e. The molecule has 0 aliphatic heterocycles. The summed E-state index contributed by atoms with van der Waals surface area (Å²) in [5, 5.41) is 8.90. The Labute approximate surface area is 115 Å². The molecule has 1 aromatic carbocycles. The molecular weight excluding hydrogens is 242 g/mol. The lowest BCUT2D eigenvalue weighted by molar-refractivity contribution is 0.156. The van der Waals surface area contributed by atoms with E-state index < -0.39 is 0 Å². The van der Waals surface area contributed by atoms with Gasteiger partial charge in [0.2, 0.25) is 0 Å². The van der Waals surface area contributed by atoms with Crippen LogP contribution in [0.4, 0.5) is 0 Å². The van der Waals surface area contributed by atoms with E-state index in [1.165, 1.54) is 0 Å². The van der Waals surface area contributed by atoms with Crippen LogP contribution in [0, 0.1) is 23.7 Å². The van der Waals surface area contributed by atoms with Gasteiger partial charge in [-0.25, -0.2) is 0 Å². The van der Waals surface area contributed by atoms with Crippen LogP contribution >= 0.6 is 12.6 Å². The van der Waals surface area contributed by atoms with E-state index in [1.54, 1.807) is 0 Å². The number of thiol groups is 1. The summed E-state index contributed by atoms with van der Waals surface area (Å²) in [7, 11) is 0. The maximum absolute atomic E-state index is 8.90. The van der Waals surface area contributed by atoms with Crippen LogP contribution < -0.4 is 4.74 Å². The van der Waals surface area contributed by atoms with Gasteiger partial charge in [0, 0.05) is 5.41 Å². The van der Waals surface area contributed by atoms with Crippen molar-refractivity contribution in [3.63, 3.8) is 0 Å². The number of nitriles is 1. The molecule has 0 spiro atoms. The van der Waals surface area contributed by atoms with Crippen molar-refractivity contribution in [3.8, 4) is 11.8 Å². The van der Waals surface area contributed by atoms with Crippen molar-refractivity contribution in [2.24, 2.45) is 5.41 Å². The number of aryl methyl sites for hydroxylation is 1. The van der Waals surface area contributed by atoms with Crippen molar-refractivity contribution >= 4 is 12.6 Å². The standard InChI is InChI=1S/C15H21NOS/c1-4-15(5-2,11-18)10-17-14-8-13(9-16)7-6-12(14)3/h6-8,18H,4-5,10-11H2,1-3H3. The van der Waals surface area contributed by atoms with Gasteiger partial charge in [0.25, 0.3) is 0 Å². The number of nitrogens with zero attached hydrogens (tertiary/aromatic N) is 1. The largest absolute Gasteiger partial charge is 0.493 e. The minimum absolute atomic E-state index is 0.123. The van der Waals surface area contributed by atoms with Crippen molar-refractivity contribution in [1.82, 2.24) is 0 Å². The zero-order valence-corrected chi connectivity index (χ0v) is 12.3. The third-order valence-electron chi connectivity index (χ3n) is 3.69. The number of rotatable bonds is 6. The van der Waals surface area contributed by atoms with Gasteiger partial charge >= 0.3 is 0 Å². The van der Waals surface area contributed by atoms with E-state index in [0.29, 0.717) is 12.2 Å². The molecule has 0 aliphatic rings. The van der Waals surface area contributed by atoms with E-state index in [2.05, 4.69) is 32.5 Å². The lowest BCUT2D eigenvalue weighted by atomic mass is 9.85. The smallest absolute Gasteiger partial charge is 0.123 e. The number of benzene rings is 1. The Kier molecular flexibility index (Phi) is 5.55. The molecule has 3 heteroatoms. The third-order valence-corrected chi connectivity index (χ3v) is 4.36. The summed E-state index contributed by atoms with van der Waals surface area (Å²) in [6.07, 6.45) is 2.09. The molecule has 0 aliphatic carbocycles. The topological polar surface area (TPSA) is 33.0 Å². The van der Waals surface area contributed by atoms with Crippen LogP contribution in [0.1, 0.15) is 37.8 Å². The Morgan fingerprint density at radius 3 is 2.50 bits per heavy atom. The van der Waals surface area contributed by atoms with Crippen molar-refractivity contribution in [2.75, 3.05) is 12.4 Å². The summed E-state index contributed by atoms with van der Waals surface area (Å²) >= 11 is 4.44. The molecule has 98 valence electrons. The lowest BCUT2D eigenvalue weighted by Crippen LogP contribution is -2.29. The first kappa shape index (κ1) is 14.9. The van der Waals surface area contributed by atoms with Crippen molar-refractivity contribution in [3.05, 3.63) is 29.3 Å². The molecule has 0 heterocycles. The first-order valence-corrected chi connectivity index (χ1v) is 6.98. The van der Waals surface area contributed by atoms with E-state index in [9.17, 15) is 0 Å². The highest BCUT2D eigenvalue weighted by molar-refractivity contribution is 7.80. The van der Waals surface area contributed by atoms with Crippen LogP contribution in [-0.4, -0.2) is 12.4 Å². The van der Waals surface area contributed by atoms with Gasteiger partial charge in [-0.15, -0.1) is 0 Å². The van der Waals surface area contributed by atoms with Gasteiger partial charge in [-0.05, 0) is 43.2 Å². The van der Waals surface area contributed by atoms with Gasteiger partial charge in [0.15, 0.2) is 0 Å². The first-order chi connectivity index (χ1) is 8.60. The molecular formula is C15H21NOS. The molecule has 0 aromatic heterocycles.